The summed E-state index contributed by atoms with van der Waals surface area (Å²) in [6.07, 6.45) is 72.3. The molecule has 504 valence electrons. The fourth-order valence-corrected chi connectivity index (χ4v) is 14.9. The SMILES string of the molecule is CCCCCCCCCCCCCCCc1cc(S(=O)(=O)[O-])c2cccc(CCCCCCCCCCCCCCC)c2c1.CCCCCCCCCCCCCCCc1cc(S(=O)(=O)[O-])c2cccc(CCCCCCCCCCCCCCC)c2c1.[Ba+2]. The second-order valence-electron chi connectivity index (χ2n) is 27.1. The largest absolute Gasteiger partial charge is 2.00 e. The average molecular weight is 1390 g/mol. The predicted molar refractivity (Wildman–Crippen MR) is 387 cm³/mol. The van der Waals surface area contributed by atoms with Gasteiger partial charge in [-0.3, -0.25) is 0 Å². The molecule has 0 aliphatic carbocycles. The summed E-state index contributed by atoms with van der Waals surface area (Å²) < 4.78 is 73.4. The van der Waals surface area contributed by atoms with E-state index in [1.807, 2.05) is 24.3 Å². The van der Waals surface area contributed by atoms with E-state index in [1.165, 1.54) is 306 Å². The molecule has 0 unspecified atom stereocenters. The molecule has 0 saturated carbocycles. The Bertz CT molecular complexity index is 2370. The zero-order valence-corrected chi connectivity index (χ0v) is 64.4. The maximum Gasteiger partial charge on any atom is 2.00 e. The van der Waals surface area contributed by atoms with Gasteiger partial charge in [0.25, 0.3) is 0 Å². The van der Waals surface area contributed by atoms with E-state index < -0.39 is 20.2 Å². The van der Waals surface area contributed by atoms with Gasteiger partial charge in [0.2, 0.25) is 0 Å². The molecule has 0 N–H and O–H groups in total. The van der Waals surface area contributed by atoms with E-state index in [2.05, 4.69) is 52.0 Å². The first kappa shape index (κ1) is 83.9. The van der Waals surface area contributed by atoms with Gasteiger partial charge in [0, 0.05) is 0 Å². The summed E-state index contributed by atoms with van der Waals surface area (Å²) in [5.74, 6) is 0. The molecule has 0 aliphatic heterocycles. The molecule has 0 saturated heterocycles. The third kappa shape index (κ3) is 41.4. The molecule has 4 aromatic carbocycles. The second kappa shape index (κ2) is 56.0. The molecule has 0 amide bonds. The standard InChI is InChI=1S/2C40H68O3S.Ba/c2*1-3-5-7-9-11-13-15-17-19-21-23-25-27-30-36-34-39-37(32-29-33-38(39)40(35-36)44(41,42)43)31-28-26-24-22-20-18-16-14-12-10-8-6-4-2;/h2*29,32-35H,3-28,30-31H2,1-2H3,(H,41,42,43);/q;;+2/p-2. The van der Waals surface area contributed by atoms with Crippen molar-refractivity contribution in [2.45, 2.75) is 397 Å². The van der Waals surface area contributed by atoms with Crippen molar-refractivity contribution in [1.29, 1.82) is 0 Å². The molecule has 0 fully saturated rings. The maximum atomic E-state index is 12.2. The third-order valence-corrected chi connectivity index (χ3v) is 20.7. The van der Waals surface area contributed by atoms with Crippen LogP contribution >= 0.6 is 0 Å². The van der Waals surface area contributed by atoms with Gasteiger partial charge in [-0.2, -0.15) is 0 Å². The van der Waals surface area contributed by atoms with Gasteiger partial charge in [0.1, 0.15) is 20.2 Å². The Hall–Kier alpha value is -1.21. The zero-order valence-electron chi connectivity index (χ0n) is 58.3. The first-order chi connectivity index (χ1) is 42.9. The van der Waals surface area contributed by atoms with Crippen LogP contribution in [0.25, 0.3) is 21.5 Å². The van der Waals surface area contributed by atoms with Gasteiger partial charge in [-0.05, 0) is 107 Å². The summed E-state index contributed by atoms with van der Waals surface area (Å²) in [6.45, 7) is 9.09. The van der Waals surface area contributed by atoms with Crippen LogP contribution in [0.15, 0.2) is 70.5 Å². The molecule has 9 heteroatoms. The van der Waals surface area contributed by atoms with Gasteiger partial charge < -0.3 is 9.11 Å². The smallest absolute Gasteiger partial charge is 0.744 e. The zero-order chi connectivity index (χ0) is 63.4. The minimum absolute atomic E-state index is 0. The van der Waals surface area contributed by atoms with Crippen molar-refractivity contribution in [3.8, 4) is 0 Å². The van der Waals surface area contributed by atoms with Crippen LogP contribution in [0, 0.1) is 0 Å². The van der Waals surface area contributed by atoms with Crippen LogP contribution in [0.2, 0.25) is 0 Å². The Labute approximate surface area is 591 Å². The van der Waals surface area contributed by atoms with E-state index in [-0.39, 0.29) is 58.7 Å². The number of fused-ring (bicyclic) bond motifs is 2. The topological polar surface area (TPSA) is 114 Å². The molecule has 0 atom stereocenters. The van der Waals surface area contributed by atoms with Gasteiger partial charge in [-0.15, -0.1) is 0 Å². The van der Waals surface area contributed by atoms with Crippen molar-refractivity contribution in [3.63, 3.8) is 0 Å². The minimum Gasteiger partial charge on any atom is -0.744 e. The van der Waals surface area contributed by atoms with Gasteiger partial charge in [0.15, 0.2) is 0 Å². The van der Waals surface area contributed by atoms with E-state index in [9.17, 15) is 25.9 Å². The predicted octanol–water partition coefficient (Wildman–Crippen LogP) is 25.6. The van der Waals surface area contributed by atoms with Crippen molar-refractivity contribution in [3.05, 3.63) is 82.9 Å². The Morgan fingerprint density at radius 2 is 0.438 bits per heavy atom. The van der Waals surface area contributed by atoms with E-state index in [0.29, 0.717) is 10.8 Å². The van der Waals surface area contributed by atoms with Gasteiger partial charge in [0.05, 0.1) is 9.79 Å². The molecule has 4 rings (SSSR count). The Morgan fingerprint density at radius 1 is 0.247 bits per heavy atom. The molecule has 89 heavy (non-hydrogen) atoms. The number of aryl methyl sites for hydroxylation is 4. The van der Waals surface area contributed by atoms with E-state index >= 15 is 0 Å². The fourth-order valence-electron chi connectivity index (χ4n) is 13.4. The number of hydrogen-bond donors (Lipinski definition) is 0. The van der Waals surface area contributed by atoms with Gasteiger partial charge in [-0.1, -0.05) is 384 Å². The van der Waals surface area contributed by atoms with Crippen molar-refractivity contribution < 1.29 is 25.9 Å². The minimum atomic E-state index is -4.52. The summed E-state index contributed by atoms with van der Waals surface area (Å²) in [5.41, 5.74) is 4.35. The van der Waals surface area contributed by atoms with Gasteiger partial charge >= 0.3 is 48.9 Å². The molecule has 4 aromatic rings. The number of rotatable bonds is 58. The summed E-state index contributed by atoms with van der Waals surface area (Å²) in [4.78, 5) is -0.0705. The quantitative estimate of drug-likeness (QED) is 0.0247. The molecular formula is C80H134BaO6S2. The summed E-state index contributed by atoms with van der Waals surface area (Å²) in [6, 6.07) is 19.3. The summed E-state index contributed by atoms with van der Waals surface area (Å²) >= 11 is 0. The van der Waals surface area contributed by atoms with Crippen molar-refractivity contribution in [1.82, 2.24) is 0 Å². The fraction of sp³-hybridized carbons (Fsp3) is 0.750. The van der Waals surface area contributed by atoms with Crippen LogP contribution in [0.5, 0.6) is 0 Å². The van der Waals surface area contributed by atoms with Crippen LogP contribution in [-0.4, -0.2) is 74.8 Å². The van der Waals surface area contributed by atoms with E-state index in [1.54, 1.807) is 12.1 Å². The van der Waals surface area contributed by atoms with Crippen LogP contribution in [-0.2, 0) is 45.9 Å². The third-order valence-electron chi connectivity index (χ3n) is 19.0. The Morgan fingerprint density at radius 3 is 0.640 bits per heavy atom. The first-order valence-electron chi connectivity index (χ1n) is 37.9. The van der Waals surface area contributed by atoms with Crippen molar-refractivity contribution in [2.24, 2.45) is 0 Å². The molecule has 0 spiro atoms. The van der Waals surface area contributed by atoms with E-state index in [4.69, 9.17) is 0 Å². The summed E-state index contributed by atoms with van der Waals surface area (Å²) in [5, 5.41) is 3.13. The Kier molecular flexibility index (Phi) is 52.8. The van der Waals surface area contributed by atoms with Crippen LogP contribution in [0.3, 0.4) is 0 Å². The monoisotopic (exact) mass is 1390 g/mol. The van der Waals surface area contributed by atoms with E-state index in [0.717, 1.165) is 86.1 Å². The van der Waals surface area contributed by atoms with Crippen LogP contribution < -0.4 is 0 Å². The van der Waals surface area contributed by atoms with Crippen molar-refractivity contribution >= 4 is 90.7 Å². The van der Waals surface area contributed by atoms with Crippen molar-refractivity contribution in [2.75, 3.05) is 0 Å². The van der Waals surface area contributed by atoms with Crippen LogP contribution in [0.4, 0.5) is 0 Å². The maximum absolute atomic E-state index is 12.2. The number of unbranched alkanes of at least 4 members (excludes halogenated alkanes) is 48. The average Bonchev–Trinajstić information content (AvgIpc) is 0.975. The summed E-state index contributed by atoms with van der Waals surface area (Å²) in [7, 11) is -9.05. The van der Waals surface area contributed by atoms with Gasteiger partial charge in [-0.25, -0.2) is 16.8 Å². The molecule has 0 bridgehead atoms. The molecule has 0 heterocycles. The normalized spacial score (nSPS) is 11.8. The molecular weight excluding hydrogens is 1260 g/mol. The number of hydrogen-bond acceptors (Lipinski definition) is 6. The molecule has 0 radical (unpaired) electrons. The second-order valence-corrected chi connectivity index (χ2v) is 29.8. The molecule has 0 aliphatic rings. The number of benzene rings is 4. The molecule has 0 aromatic heterocycles. The van der Waals surface area contributed by atoms with Crippen LogP contribution in [0.1, 0.15) is 384 Å². The first-order valence-corrected chi connectivity index (χ1v) is 40.8. The Balaban J connectivity index is 0.000000600. The molecule has 6 nitrogen and oxygen atoms in total.